The van der Waals surface area contributed by atoms with Gasteiger partial charge in [-0.15, -0.1) is 0 Å². The van der Waals surface area contributed by atoms with Gasteiger partial charge in [-0.2, -0.15) is 5.26 Å². The van der Waals surface area contributed by atoms with Crippen molar-refractivity contribution in [2.75, 3.05) is 5.32 Å². The summed E-state index contributed by atoms with van der Waals surface area (Å²) in [4.78, 5) is 15.9. The van der Waals surface area contributed by atoms with E-state index in [1.165, 1.54) is 32.1 Å². The first-order valence-electron chi connectivity index (χ1n) is 10.9. The van der Waals surface area contributed by atoms with Crippen LogP contribution in [0, 0.1) is 17.2 Å². The van der Waals surface area contributed by atoms with E-state index in [-0.39, 0.29) is 5.69 Å². The predicted octanol–water partition coefficient (Wildman–Crippen LogP) is 5.32. The zero-order valence-corrected chi connectivity index (χ0v) is 17.3. The minimum absolute atomic E-state index is 0.0728. The van der Waals surface area contributed by atoms with Gasteiger partial charge in [-0.3, -0.25) is 4.57 Å². The Bertz CT molecular complexity index is 1300. The number of H-pyrrole nitrogens is 1. The number of benzene rings is 2. The summed E-state index contributed by atoms with van der Waals surface area (Å²) in [7, 11) is 0. The van der Waals surface area contributed by atoms with Gasteiger partial charge in [0.15, 0.2) is 0 Å². The van der Waals surface area contributed by atoms with Crippen molar-refractivity contribution in [2.45, 2.75) is 38.6 Å². The summed E-state index contributed by atoms with van der Waals surface area (Å²) in [6.07, 6.45) is 8.01. The molecule has 2 N–H and O–H groups in total. The molecule has 0 amide bonds. The van der Waals surface area contributed by atoms with Crippen LogP contribution in [-0.2, 0) is 6.54 Å². The Labute approximate surface area is 180 Å². The average Bonchev–Trinajstić information content (AvgIpc) is 3.39. The number of para-hydroxylation sites is 1. The van der Waals surface area contributed by atoms with Crippen molar-refractivity contribution >= 4 is 22.4 Å². The van der Waals surface area contributed by atoms with Crippen LogP contribution in [0.1, 0.15) is 37.8 Å². The van der Waals surface area contributed by atoms with Gasteiger partial charge in [-0.25, -0.2) is 4.79 Å². The Hall–Kier alpha value is -3.72. The van der Waals surface area contributed by atoms with Gasteiger partial charge < -0.3 is 14.9 Å². The molecular weight excluding hydrogens is 386 g/mol. The molecule has 31 heavy (non-hydrogen) atoms. The van der Waals surface area contributed by atoms with E-state index in [4.69, 9.17) is 0 Å². The second-order valence-corrected chi connectivity index (χ2v) is 8.30. The zero-order valence-electron chi connectivity index (χ0n) is 17.3. The Kier molecular flexibility index (Phi) is 5.09. The Morgan fingerprint density at radius 1 is 1.06 bits per heavy atom. The maximum absolute atomic E-state index is 12.8. The van der Waals surface area contributed by atoms with Gasteiger partial charge >= 0.3 is 5.69 Å². The summed E-state index contributed by atoms with van der Waals surface area (Å²) in [6, 6.07) is 19.8. The van der Waals surface area contributed by atoms with Crippen molar-refractivity contribution in [1.29, 1.82) is 5.26 Å². The second kappa shape index (κ2) is 8.19. The van der Waals surface area contributed by atoms with Gasteiger partial charge in [0.1, 0.15) is 11.8 Å². The largest absolute Gasteiger partial charge is 0.354 e. The molecule has 0 saturated heterocycles. The summed E-state index contributed by atoms with van der Waals surface area (Å²) in [5.41, 5.74) is 4.77. The normalized spacial score (nSPS) is 14.5. The highest BCUT2D eigenvalue weighted by molar-refractivity contribution is 5.87. The Morgan fingerprint density at radius 2 is 1.87 bits per heavy atom. The van der Waals surface area contributed by atoms with Crippen LogP contribution in [0.25, 0.3) is 16.7 Å². The number of aromatic amines is 1. The highest BCUT2D eigenvalue weighted by Gasteiger charge is 2.19. The van der Waals surface area contributed by atoms with E-state index in [1.807, 2.05) is 63.9 Å². The highest BCUT2D eigenvalue weighted by atomic mass is 16.1. The van der Waals surface area contributed by atoms with Gasteiger partial charge in [0.25, 0.3) is 0 Å². The van der Waals surface area contributed by atoms with Gasteiger partial charge in [0.05, 0.1) is 22.4 Å². The first kappa shape index (κ1) is 19.3. The van der Waals surface area contributed by atoms with Gasteiger partial charge in [-0.05, 0) is 55.2 Å². The highest BCUT2D eigenvalue weighted by Crippen LogP contribution is 2.31. The summed E-state index contributed by atoms with van der Waals surface area (Å²) >= 11 is 0. The van der Waals surface area contributed by atoms with Gasteiger partial charge in [-0.1, -0.05) is 37.5 Å². The van der Waals surface area contributed by atoms with Crippen LogP contribution in [-0.4, -0.2) is 14.1 Å². The lowest BCUT2D eigenvalue weighted by molar-refractivity contribution is 0.319. The van der Waals surface area contributed by atoms with E-state index < -0.39 is 0 Å². The van der Waals surface area contributed by atoms with E-state index in [1.54, 1.807) is 6.07 Å². The number of hydrogen-bond acceptors (Lipinski definition) is 3. The molecular formula is C25H25N5O. The van der Waals surface area contributed by atoms with Gasteiger partial charge in [0.2, 0.25) is 0 Å². The quantitative estimate of drug-likeness (QED) is 0.467. The van der Waals surface area contributed by atoms with Crippen LogP contribution in [0.15, 0.2) is 65.6 Å². The van der Waals surface area contributed by atoms with Crippen molar-refractivity contribution in [3.8, 4) is 11.8 Å². The number of nitrogens with zero attached hydrogens (tertiary/aromatic N) is 3. The van der Waals surface area contributed by atoms with Crippen molar-refractivity contribution in [3.63, 3.8) is 0 Å². The number of nitrogens with one attached hydrogen (secondary N) is 2. The van der Waals surface area contributed by atoms with Crippen LogP contribution < -0.4 is 11.0 Å². The number of aromatic nitrogens is 3. The van der Waals surface area contributed by atoms with Crippen LogP contribution in [0.2, 0.25) is 0 Å². The molecule has 0 atom stereocenters. The third kappa shape index (κ3) is 3.75. The van der Waals surface area contributed by atoms with E-state index in [0.717, 1.165) is 34.6 Å². The van der Waals surface area contributed by atoms with Crippen LogP contribution in [0.4, 0.5) is 11.4 Å². The molecule has 0 aliphatic heterocycles. The molecule has 2 aromatic carbocycles. The third-order valence-electron chi connectivity index (χ3n) is 6.23. The summed E-state index contributed by atoms with van der Waals surface area (Å²) in [5.74, 6) is 0.539. The molecule has 2 heterocycles. The van der Waals surface area contributed by atoms with Crippen molar-refractivity contribution < 1.29 is 0 Å². The summed E-state index contributed by atoms with van der Waals surface area (Å²) in [5, 5.41) is 13.0. The first-order valence-corrected chi connectivity index (χ1v) is 10.9. The number of hydrogen-bond donors (Lipinski definition) is 2. The predicted molar refractivity (Wildman–Crippen MR) is 123 cm³/mol. The molecule has 156 valence electrons. The lowest BCUT2D eigenvalue weighted by Crippen LogP contribution is -2.23. The second-order valence-electron chi connectivity index (χ2n) is 8.30. The molecule has 6 nitrogen and oxygen atoms in total. The number of imidazole rings is 1. The maximum Gasteiger partial charge on any atom is 0.326 e. The molecule has 0 radical (unpaired) electrons. The third-order valence-corrected chi connectivity index (χ3v) is 6.23. The Morgan fingerprint density at radius 3 is 2.65 bits per heavy atom. The lowest BCUT2D eigenvalue weighted by atomic mass is 9.89. The standard InChI is InChI=1S/C25H25N5O/c26-16-20-12-7-13-29(20)23-15-24-22(14-21(23)27-19-10-5-2-6-11-19)28-25(31)30(24)17-18-8-3-1-4-9-18/h2,5-7,10-15,18,27H,1,3-4,8-9,17H2,(H,28,31). The Balaban J connectivity index is 1.64. The molecule has 0 unspecified atom stereocenters. The number of nitriles is 1. The van der Waals surface area contributed by atoms with Crippen LogP contribution in [0.3, 0.4) is 0 Å². The fourth-order valence-corrected chi connectivity index (χ4v) is 4.66. The topological polar surface area (TPSA) is 78.5 Å². The minimum Gasteiger partial charge on any atom is -0.354 e. The fourth-order valence-electron chi connectivity index (χ4n) is 4.66. The fraction of sp³-hybridized carbons (Fsp3) is 0.280. The van der Waals surface area contributed by atoms with Crippen LogP contribution in [0.5, 0.6) is 0 Å². The first-order chi connectivity index (χ1) is 15.2. The van der Waals surface area contributed by atoms with Gasteiger partial charge in [0, 0.05) is 18.4 Å². The number of anilines is 2. The monoisotopic (exact) mass is 411 g/mol. The average molecular weight is 412 g/mol. The summed E-state index contributed by atoms with van der Waals surface area (Å²) < 4.78 is 3.74. The lowest BCUT2D eigenvalue weighted by Gasteiger charge is -2.22. The van der Waals surface area contributed by atoms with Crippen molar-refractivity contribution in [1.82, 2.24) is 14.1 Å². The van der Waals surface area contributed by atoms with E-state index in [2.05, 4.69) is 16.4 Å². The molecule has 1 saturated carbocycles. The smallest absolute Gasteiger partial charge is 0.326 e. The molecule has 5 rings (SSSR count). The van der Waals surface area contributed by atoms with Crippen molar-refractivity contribution in [3.05, 3.63) is 77.0 Å². The molecule has 1 aliphatic rings. The number of fused-ring (bicyclic) bond motifs is 1. The maximum atomic E-state index is 12.8. The molecule has 4 aromatic rings. The number of rotatable bonds is 5. The summed E-state index contributed by atoms with van der Waals surface area (Å²) in [6.45, 7) is 0.737. The molecule has 2 aromatic heterocycles. The van der Waals surface area contributed by atoms with Crippen molar-refractivity contribution in [2.24, 2.45) is 5.92 Å². The van der Waals surface area contributed by atoms with E-state index in [9.17, 15) is 10.1 Å². The molecule has 0 spiro atoms. The molecule has 1 fully saturated rings. The molecule has 1 aliphatic carbocycles. The minimum atomic E-state index is -0.0728. The van der Waals surface area contributed by atoms with E-state index in [0.29, 0.717) is 11.6 Å². The van der Waals surface area contributed by atoms with E-state index >= 15 is 0 Å². The molecule has 0 bridgehead atoms. The van der Waals surface area contributed by atoms with Crippen LogP contribution >= 0.6 is 0 Å². The molecule has 6 heteroatoms. The SMILES string of the molecule is N#Cc1cccn1-c1cc2c(cc1Nc1ccccc1)[nH]c(=O)n2CC1CCCCC1. The zero-order chi connectivity index (χ0) is 21.2.